The van der Waals surface area contributed by atoms with Gasteiger partial charge in [0, 0.05) is 5.56 Å². The summed E-state index contributed by atoms with van der Waals surface area (Å²) < 4.78 is 17.0. The molecule has 0 saturated carbocycles. The molecule has 1 aromatic heterocycles. The zero-order valence-electron chi connectivity index (χ0n) is 11.0. The molecule has 0 radical (unpaired) electrons. The van der Waals surface area contributed by atoms with E-state index in [9.17, 15) is 4.21 Å². The minimum absolute atomic E-state index is 0.554. The van der Waals surface area contributed by atoms with Crippen molar-refractivity contribution in [3.63, 3.8) is 0 Å². The monoisotopic (exact) mass is 299 g/mol. The van der Waals surface area contributed by atoms with Crippen molar-refractivity contribution in [3.8, 4) is 22.8 Å². The summed E-state index contributed by atoms with van der Waals surface area (Å²) >= 11 is 0. The molecule has 106 valence electrons. The Bertz CT molecular complexity index is 754. The van der Waals surface area contributed by atoms with Crippen LogP contribution < -0.4 is 9.88 Å². The van der Waals surface area contributed by atoms with Crippen molar-refractivity contribution in [2.45, 2.75) is 4.90 Å². The first-order valence-corrected chi connectivity index (χ1v) is 7.48. The lowest BCUT2D eigenvalue weighted by molar-refractivity contribution is 0.484. The Morgan fingerprint density at radius 2 is 1.76 bits per heavy atom. The summed E-state index contributed by atoms with van der Waals surface area (Å²) in [4.78, 5) is 0.554. The molecular weight excluding hydrogens is 286 g/mol. The molecule has 1 unspecified atom stereocenters. The molecule has 5 nitrogen and oxygen atoms in total. The van der Waals surface area contributed by atoms with Gasteiger partial charge >= 0.3 is 0 Å². The highest BCUT2D eigenvalue weighted by molar-refractivity contribution is 7.82. The zero-order chi connectivity index (χ0) is 14.7. The minimum Gasteiger partial charge on any atom is -0.453 e. The van der Waals surface area contributed by atoms with Crippen molar-refractivity contribution in [1.82, 2.24) is 10.2 Å². The predicted molar refractivity (Wildman–Crippen MR) is 81.1 cm³/mol. The van der Waals surface area contributed by atoms with Crippen molar-refractivity contribution < 1.29 is 8.95 Å². The molecular formula is C15H13N3O2S. The Morgan fingerprint density at radius 1 is 1.05 bits per heavy atom. The summed E-state index contributed by atoms with van der Waals surface area (Å²) in [6.45, 7) is 0. The number of ether oxygens (including phenoxy) is 1. The lowest BCUT2D eigenvalue weighted by atomic mass is 10.1. The first-order chi connectivity index (χ1) is 10.2. The van der Waals surface area contributed by atoms with Crippen LogP contribution in [0.3, 0.4) is 0 Å². The van der Waals surface area contributed by atoms with Crippen LogP contribution in [0.5, 0.6) is 11.5 Å². The molecule has 0 aliphatic rings. The zero-order valence-corrected chi connectivity index (χ0v) is 11.8. The van der Waals surface area contributed by atoms with E-state index in [1.54, 1.807) is 30.5 Å². The Balaban J connectivity index is 1.86. The second kappa shape index (κ2) is 5.90. The minimum atomic E-state index is -1.48. The summed E-state index contributed by atoms with van der Waals surface area (Å²) in [7, 11) is -1.48. The lowest BCUT2D eigenvalue weighted by Gasteiger charge is -2.06. The predicted octanol–water partition coefficient (Wildman–Crippen LogP) is 2.85. The van der Waals surface area contributed by atoms with E-state index >= 15 is 0 Å². The second-order valence-corrected chi connectivity index (χ2v) is 5.41. The van der Waals surface area contributed by atoms with E-state index in [0.717, 1.165) is 11.3 Å². The average molecular weight is 299 g/mol. The number of benzene rings is 2. The summed E-state index contributed by atoms with van der Waals surface area (Å²) in [6, 6.07) is 16.6. The van der Waals surface area contributed by atoms with E-state index in [2.05, 4.69) is 10.2 Å². The highest BCUT2D eigenvalue weighted by Crippen LogP contribution is 2.31. The number of aromatic amines is 1. The molecule has 6 heteroatoms. The molecule has 0 saturated heterocycles. The number of hydrogen-bond acceptors (Lipinski definition) is 3. The number of nitrogens with one attached hydrogen (secondary N) is 1. The van der Waals surface area contributed by atoms with Gasteiger partial charge in [0.2, 0.25) is 0 Å². The fourth-order valence-electron chi connectivity index (χ4n) is 1.93. The van der Waals surface area contributed by atoms with Gasteiger partial charge in [0.25, 0.3) is 0 Å². The third-order valence-corrected chi connectivity index (χ3v) is 3.69. The van der Waals surface area contributed by atoms with Gasteiger partial charge < -0.3 is 4.74 Å². The first-order valence-electron chi connectivity index (χ1n) is 6.27. The van der Waals surface area contributed by atoms with Gasteiger partial charge in [-0.1, -0.05) is 30.3 Å². The summed E-state index contributed by atoms with van der Waals surface area (Å²) in [5.74, 6) is 1.26. The van der Waals surface area contributed by atoms with Gasteiger partial charge in [0.05, 0.1) is 11.1 Å². The van der Waals surface area contributed by atoms with Crippen LogP contribution in [-0.4, -0.2) is 14.4 Å². The third kappa shape index (κ3) is 3.01. The Labute approximate surface area is 124 Å². The van der Waals surface area contributed by atoms with E-state index in [1.165, 1.54) is 0 Å². The fourth-order valence-corrected chi connectivity index (χ4v) is 2.34. The van der Waals surface area contributed by atoms with E-state index < -0.39 is 11.0 Å². The number of hydrogen-bond donors (Lipinski definition) is 2. The Hall–Kier alpha value is -2.44. The van der Waals surface area contributed by atoms with Crippen LogP contribution in [0.2, 0.25) is 0 Å². The summed E-state index contributed by atoms with van der Waals surface area (Å²) in [6.07, 6.45) is 1.62. The molecule has 0 spiro atoms. The molecule has 1 atom stereocenters. The molecule has 3 N–H and O–H groups in total. The highest BCUT2D eigenvalue weighted by Gasteiger charge is 2.09. The number of nitrogens with two attached hydrogens (primary N) is 1. The van der Waals surface area contributed by atoms with Crippen LogP contribution in [-0.2, 0) is 11.0 Å². The maximum absolute atomic E-state index is 11.1. The van der Waals surface area contributed by atoms with Crippen LogP contribution >= 0.6 is 0 Å². The molecule has 0 fully saturated rings. The standard InChI is InChI=1S/C15H13N3O2S/c16-21(19)13-8-6-12(7-9-13)20-14-10-17-18-15(14)11-4-2-1-3-5-11/h1-10H,16H2,(H,17,18). The lowest BCUT2D eigenvalue weighted by Crippen LogP contribution is -2.01. The van der Waals surface area contributed by atoms with Crippen molar-refractivity contribution in [2.75, 3.05) is 0 Å². The van der Waals surface area contributed by atoms with Gasteiger partial charge in [-0.15, -0.1) is 0 Å². The van der Waals surface area contributed by atoms with Crippen LogP contribution in [0.4, 0.5) is 0 Å². The number of H-pyrrole nitrogens is 1. The summed E-state index contributed by atoms with van der Waals surface area (Å²) in [5.41, 5.74) is 1.80. The van der Waals surface area contributed by atoms with E-state index in [-0.39, 0.29) is 0 Å². The molecule has 3 aromatic rings. The average Bonchev–Trinajstić information content (AvgIpc) is 2.97. The van der Waals surface area contributed by atoms with Crippen LogP contribution in [0.25, 0.3) is 11.3 Å². The van der Waals surface area contributed by atoms with Gasteiger partial charge in [-0.2, -0.15) is 5.10 Å². The molecule has 3 rings (SSSR count). The van der Waals surface area contributed by atoms with Crippen molar-refractivity contribution >= 4 is 11.0 Å². The second-order valence-electron chi connectivity index (χ2n) is 4.35. The van der Waals surface area contributed by atoms with Crippen LogP contribution in [0, 0.1) is 0 Å². The normalized spacial score (nSPS) is 12.0. The number of aromatic nitrogens is 2. The third-order valence-electron chi connectivity index (χ3n) is 2.95. The molecule has 0 aliphatic carbocycles. The van der Waals surface area contributed by atoms with Crippen molar-refractivity contribution in [2.24, 2.45) is 5.14 Å². The Morgan fingerprint density at radius 3 is 2.43 bits per heavy atom. The van der Waals surface area contributed by atoms with Crippen LogP contribution in [0.1, 0.15) is 0 Å². The van der Waals surface area contributed by atoms with Crippen LogP contribution in [0.15, 0.2) is 65.7 Å². The molecule has 1 heterocycles. The first kappa shape index (κ1) is 13.5. The van der Waals surface area contributed by atoms with Gasteiger partial charge in [-0.3, -0.25) is 5.10 Å². The molecule has 2 aromatic carbocycles. The smallest absolute Gasteiger partial charge is 0.172 e. The Kier molecular flexibility index (Phi) is 3.81. The molecule has 0 amide bonds. The molecule has 21 heavy (non-hydrogen) atoms. The van der Waals surface area contributed by atoms with Crippen molar-refractivity contribution in [1.29, 1.82) is 0 Å². The maximum atomic E-state index is 11.1. The van der Waals surface area contributed by atoms with E-state index in [4.69, 9.17) is 9.88 Å². The summed E-state index contributed by atoms with van der Waals surface area (Å²) in [5, 5.41) is 12.3. The van der Waals surface area contributed by atoms with Gasteiger partial charge in [0.1, 0.15) is 22.4 Å². The largest absolute Gasteiger partial charge is 0.453 e. The highest BCUT2D eigenvalue weighted by atomic mass is 32.2. The fraction of sp³-hybridized carbons (Fsp3) is 0. The van der Waals surface area contributed by atoms with Gasteiger partial charge in [-0.25, -0.2) is 9.35 Å². The maximum Gasteiger partial charge on any atom is 0.172 e. The number of rotatable bonds is 4. The quantitative estimate of drug-likeness (QED) is 0.777. The van der Waals surface area contributed by atoms with E-state index in [0.29, 0.717) is 16.4 Å². The number of nitrogens with zero attached hydrogens (tertiary/aromatic N) is 1. The topological polar surface area (TPSA) is 81.0 Å². The molecule has 0 bridgehead atoms. The molecule has 0 aliphatic heterocycles. The SMILES string of the molecule is NS(=O)c1ccc(Oc2cn[nH]c2-c2ccccc2)cc1. The van der Waals surface area contributed by atoms with Crippen molar-refractivity contribution in [3.05, 3.63) is 60.8 Å². The van der Waals surface area contributed by atoms with Gasteiger partial charge in [-0.05, 0) is 24.3 Å². The van der Waals surface area contributed by atoms with Gasteiger partial charge in [0.15, 0.2) is 5.75 Å². The van der Waals surface area contributed by atoms with E-state index in [1.807, 2.05) is 30.3 Å².